The summed E-state index contributed by atoms with van der Waals surface area (Å²) in [6, 6.07) is 24.8. The topological polar surface area (TPSA) is 0 Å². The SMILES string of the molecule is CCCCCCc1cc(CCCCCC)cc([Si](c2cc(CCCCCC)cc(CCCCCC)c2)(c2cc(CCCCCC)cc(CCCCCC)c2)[C]2([Ti+3])C=CC(C)=C2C)c1.[Cl-].[Cl-].[Cl-]. The minimum Gasteiger partial charge on any atom is -1.00 e. The van der Waals surface area contributed by atoms with Crippen LogP contribution >= 0.6 is 0 Å². The van der Waals surface area contributed by atoms with E-state index in [1.54, 1.807) is 54.5 Å². The van der Waals surface area contributed by atoms with Crippen LogP contribution in [0.25, 0.3) is 0 Å². The van der Waals surface area contributed by atoms with Crippen LogP contribution < -0.4 is 52.8 Å². The van der Waals surface area contributed by atoms with Crippen LogP contribution in [0.15, 0.2) is 77.9 Å². The molecule has 0 heterocycles. The number of halogens is 3. The van der Waals surface area contributed by atoms with Gasteiger partial charge in [0.2, 0.25) is 0 Å². The van der Waals surface area contributed by atoms with Crippen LogP contribution in [0.4, 0.5) is 0 Å². The molecule has 66 heavy (non-hydrogen) atoms. The van der Waals surface area contributed by atoms with Crippen LogP contribution in [0.5, 0.6) is 0 Å². The summed E-state index contributed by atoms with van der Waals surface area (Å²) in [5.74, 6) is 0. The Labute approximate surface area is 440 Å². The fourth-order valence-electron chi connectivity index (χ4n) is 10.7. The van der Waals surface area contributed by atoms with Gasteiger partial charge < -0.3 is 37.2 Å². The molecule has 3 aromatic rings. The van der Waals surface area contributed by atoms with Crippen molar-refractivity contribution in [2.24, 2.45) is 0 Å². The van der Waals surface area contributed by atoms with Crippen molar-refractivity contribution < 1.29 is 57.7 Å². The summed E-state index contributed by atoms with van der Waals surface area (Å²) in [6.45, 7) is 19.1. The largest absolute Gasteiger partial charge is 1.00 e. The molecule has 5 heteroatoms. The first-order valence-corrected chi connectivity index (χ1v) is 30.0. The van der Waals surface area contributed by atoms with E-state index in [-0.39, 0.29) is 40.6 Å². The van der Waals surface area contributed by atoms with Crippen molar-refractivity contribution >= 4 is 23.6 Å². The number of hydrogen-bond acceptors (Lipinski definition) is 0. The first kappa shape index (κ1) is 63.0. The molecule has 3 aromatic carbocycles. The van der Waals surface area contributed by atoms with E-state index in [4.69, 9.17) is 0 Å². The molecule has 1 aliphatic carbocycles. The standard InChI is InChI=1S/C61H95Si.3ClH.Ti/c1-9-15-21-27-33-52-41-53(34-28-22-16-10-2)45-58(44-52)62(61-40-39-50(7)51(61)8,59-46-54(35-29-23-17-11-3)42-55(47-59)36-30-24-18-12-4)60-48-56(37-31-25-19-13-5)43-57(49-60)38-32-26-20-14-6;;;;/h39-49H,9-38H2,1-8H3;3*1H;/q;;;;+3/p-3. The summed E-state index contributed by atoms with van der Waals surface area (Å²) in [4.78, 5) is 0. The Bertz CT molecular complexity index is 1570. The quantitative estimate of drug-likeness (QED) is 0.0323. The molecular formula is C61H95Cl3SiTi. The van der Waals surface area contributed by atoms with Crippen LogP contribution in [-0.4, -0.2) is 8.07 Å². The maximum atomic E-state index is 2.80. The average Bonchev–Trinajstić information content (AvgIpc) is 3.55. The van der Waals surface area contributed by atoms with Gasteiger partial charge in [-0.25, -0.2) is 0 Å². The molecule has 0 aliphatic heterocycles. The van der Waals surface area contributed by atoms with Crippen molar-refractivity contribution in [3.05, 3.63) is 111 Å². The second kappa shape index (κ2) is 35.1. The van der Waals surface area contributed by atoms with Crippen molar-refractivity contribution in [3.8, 4) is 0 Å². The monoisotopic (exact) mass is 1010 g/mol. The van der Waals surface area contributed by atoms with Gasteiger partial charge in [-0.15, -0.1) is 0 Å². The third-order valence-corrected chi connectivity index (χ3v) is 22.5. The van der Waals surface area contributed by atoms with Crippen molar-refractivity contribution in [1.82, 2.24) is 0 Å². The summed E-state index contributed by atoms with van der Waals surface area (Å²) >= 11 is 2.71. The van der Waals surface area contributed by atoms with Gasteiger partial charge in [-0.3, -0.25) is 0 Å². The number of unbranched alkanes of at least 4 members (excludes halogenated alkanes) is 18. The molecule has 0 nitrogen and oxygen atoms in total. The predicted molar refractivity (Wildman–Crippen MR) is 281 cm³/mol. The van der Waals surface area contributed by atoms with E-state index >= 15 is 0 Å². The Morgan fingerprint density at radius 3 is 0.758 bits per heavy atom. The fraction of sp³-hybridized carbons (Fsp3) is 0.639. The molecule has 1 unspecified atom stereocenters. The summed E-state index contributed by atoms with van der Waals surface area (Å²) in [5.41, 5.74) is 12.7. The molecule has 4 rings (SSSR count). The van der Waals surface area contributed by atoms with Gasteiger partial charge in [-0.2, -0.15) is 0 Å². The minimum absolute atomic E-state index is 0. The van der Waals surface area contributed by atoms with E-state index < -0.39 is 8.07 Å². The molecule has 1 atom stereocenters. The molecule has 0 saturated heterocycles. The van der Waals surface area contributed by atoms with Crippen LogP contribution in [0.2, 0.25) is 3.34 Å². The van der Waals surface area contributed by atoms with Gasteiger partial charge in [0.05, 0.1) is 0 Å². The average molecular weight is 1010 g/mol. The maximum absolute atomic E-state index is 2.88. The Morgan fingerprint density at radius 1 is 0.348 bits per heavy atom. The van der Waals surface area contributed by atoms with E-state index in [0.717, 1.165) is 0 Å². The molecule has 368 valence electrons. The van der Waals surface area contributed by atoms with Crippen LogP contribution in [-0.2, 0) is 59.0 Å². The summed E-state index contributed by atoms with van der Waals surface area (Å²) in [7, 11) is -2.88. The molecular weight excluding hydrogens is 915 g/mol. The van der Waals surface area contributed by atoms with Gasteiger partial charge in [-0.1, -0.05) is 0 Å². The number of hydrogen-bond donors (Lipinski definition) is 0. The molecule has 0 radical (unpaired) electrons. The molecule has 1 aliphatic rings. The smallest absolute Gasteiger partial charge is 1.00 e. The Hall–Kier alpha value is -1.06. The van der Waals surface area contributed by atoms with Gasteiger partial charge >= 0.3 is 407 Å². The summed E-state index contributed by atoms with van der Waals surface area (Å²) in [5, 5.41) is 5.05. The van der Waals surface area contributed by atoms with Crippen LogP contribution in [0.1, 0.15) is 243 Å². The molecule has 0 N–H and O–H groups in total. The van der Waals surface area contributed by atoms with Gasteiger partial charge in [0, 0.05) is 0 Å². The van der Waals surface area contributed by atoms with Crippen molar-refractivity contribution in [2.75, 3.05) is 0 Å². The summed E-state index contributed by atoms with van der Waals surface area (Å²) in [6.07, 6.45) is 44.0. The number of allylic oxidation sites excluding steroid dienone is 4. The van der Waals surface area contributed by atoms with E-state index in [1.807, 2.05) is 0 Å². The number of rotatable bonds is 34. The zero-order valence-corrected chi connectivity index (χ0v) is 48.5. The first-order chi connectivity index (χ1) is 30.7. The number of aryl methyl sites for hydroxylation is 6. The molecule has 0 aromatic heterocycles. The molecule has 0 spiro atoms. The van der Waals surface area contributed by atoms with E-state index in [2.05, 4.69) is 143 Å². The third-order valence-electron chi connectivity index (χ3n) is 14.7. The van der Waals surface area contributed by atoms with Crippen molar-refractivity contribution in [2.45, 2.75) is 251 Å². The van der Waals surface area contributed by atoms with Gasteiger partial charge in [0.25, 0.3) is 0 Å². The Morgan fingerprint density at radius 2 is 0.576 bits per heavy atom. The van der Waals surface area contributed by atoms with E-state index in [1.165, 1.54) is 198 Å². The fourth-order valence-corrected chi connectivity index (χ4v) is 19.1. The predicted octanol–water partition coefficient (Wildman–Crippen LogP) is 8.06. The van der Waals surface area contributed by atoms with Gasteiger partial charge in [-0.05, 0) is 0 Å². The summed E-state index contributed by atoms with van der Waals surface area (Å²) < 4.78 is -0.0992. The van der Waals surface area contributed by atoms with Gasteiger partial charge in [0.1, 0.15) is 0 Å². The van der Waals surface area contributed by atoms with Crippen molar-refractivity contribution in [3.63, 3.8) is 0 Å². The van der Waals surface area contributed by atoms with E-state index in [0.29, 0.717) is 0 Å². The Balaban J connectivity index is 0.00000726. The van der Waals surface area contributed by atoms with Crippen molar-refractivity contribution in [1.29, 1.82) is 0 Å². The van der Waals surface area contributed by atoms with E-state index in [9.17, 15) is 0 Å². The third kappa shape index (κ3) is 18.6. The van der Waals surface area contributed by atoms with Gasteiger partial charge in [0.15, 0.2) is 0 Å². The molecule has 0 saturated carbocycles. The Kier molecular flexibility index (Phi) is 33.5. The van der Waals surface area contributed by atoms with Crippen LogP contribution in [0.3, 0.4) is 0 Å². The van der Waals surface area contributed by atoms with Crippen LogP contribution in [0, 0.1) is 0 Å². The minimum atomic E-state index is -2.88. The zero-order valence-electron chi connectivity index (χ0n) is 43.7. The first-order valence-electron chi connectivity index (χ1n) is 27.2. The number of benzene rings is 3. The zero-order chi connectivity index (χ0) is 45.3. The normalized spacial score (nSPS) is 14.6. The maximum Gasteiger partial charge on any atom is -1.00 e. The molecule has 0 amide bonds. The molecule has 0 bridgehead atoms. The second-order valence-electron chi connectivity index (χ2n) is 20.2. The second-order valence-corrected chi connectivity index (χ2v) is 26.2. The molecule has 0 fully saturated rings.